The highest BCUT2D eigenvalue weighted by molar-refractivity contribution is 6.31. The van der Waals surface area contributed by atoms with Crippen molar-refractivity contribution in [3.05, 3.63) is 46.0 Å². The lowest BCUT2D eigenvalue weighted by atomic mass is 10.0. The zero-order valence-corrected chi connectivity index (χ0v) is 19.1. The van der Waals surface area contributed by atoms with E-state index in [1.165, 1.54) is 18.2 Å². The molecule has 1 aliphatic heterocycles. The molecule has 2 N–H and O–H groups in total. The van der Waals surface area contributed by atoms with Gasteiger partial charge in [-0.2, -0.15) is 5.10 Å². The second kappa shape index (κ2) is 8.71. The molecule has 1 aromatic carbocycles. The van der Waals surface area contributed by atoms with Crippen LogP contribution >= 0.6 is 11.6 Å². The summed E-state index contributed by atoms with van der Waals surface area (Å²) in [5, 5.41) is 9.90. The van der Waals surface area contributed by atoms with Gasteiger partial charge in [0.25, 0.3) is 5.91 Å². The number of ether oxygens (including phenoxy) is 1. The van der Waals surface area contributed by atoms with Crippen LogP contribution in [0, 0.1) is 5.82 Å². The molecule has 32 heavy (non-hydrogen) atoms. The van der Waals surface area contributed by atoms with Crippen LogP contribution in [0.5, 0.6) is 0 Å². The van der Waals surface area contributed by atoms with Crippen molar-refractivity contribution < 1.29 is 18.7 Å². The van der Waals surface area contributed by atoms with Crippen LogP contribution in [0.2, 0.25) is 5.02 Å². The quantitative estimate of drug-likeness (QED) is 0.681. The van der Waals surface area contributed by atoms with E-state index in [0.29, 0.717) is 31.0 Å². The van der Waals surface area contributed by atoms with Gasteiger partial charge in [-0.15, -0.1) is 0 Å². The van der Waals surface area contributed by atoms with Gasteiger partial charge < -0.3 is 19.9 Å². The van der Waals surface area contributed by atoms with Crippen LogP contribution in [0.1, 0.15) is 48.4 Å². The third-order valence-electron chi connectivity index (χ3n) is 6.12. The fourth-order valence-electron chi connectivity index (χ4n) is 3.84. The molecule has 8 nitrogen and oxygen atoms in total. The van der Waals surface area contributed by atoms with Crippen LogP contribution in [0.15, 0.2) is 18.2 Å². The molecule has 0 atom stereocenters. The Morgan fingerprint density at radius 3 is 2.81 bits per heavy atom. The number of anilines is 1. The summed E-state index contributed by atoms with van der Waals surface area (Å²) in [5.74, 6) is -0.731. The maximum atomic E-state index is 13.4. The van der Waals surface area contributed by atoms with E-state index in [2.05, 4.69) is 15.5 Å². The number of amides is 3. The van der Waals surface area contributed by atoms with Gasteiger partial charge >= 0.3 is 6.03 Å². The summed E-state index contributed by atoms with van der Waals surface area (Å²) in [5.41, 5.74) is 2.03. The SMILES string of the molecule is CC(C)OCC1(N(C)C(=O)c2n[nH]c3c2CN(C(=O)Nc2ccc(F)c(Cl)c2)CC3)CC1. The van der Waals surface area contributed by atoms with E-state index in [0.717, 1.165) is 24.1 Å². The number of H-pyrrole nitrogens is 1. The molecule has 2 heterocycles. The summed E-state index contributed by atoms with van der Waals surface area (Å²) >= 11 is 5.80. The van der Waals surface area contributed by atoms with Crippen molar-refractivity contribution in [1.29, 1.82) is 0 Å². The standard InChI is InChI=1S/C22H27ClFN5O3/c1-13(2)32-12-22(7-8-22)28(3)20(30)19-15-11-29(9-6-18(15)26-27-19)21(31)25-14-4-5-17(24)16(23)10-14/h4-5,10,13H,6-9,11-12H2,1-3H3,(H,25,31)(H,26,27). The Morgan fingerprint density at radius 2 is 2.16 bits per heavy atom. The van der Waals surface area contributed by atoms with Gasteiger partial charge in [-0.1, -0.05) is 11.6 Å². The Kier molecular flexibility index (Phi) is 6.13. The van der Waals surface area contributed by atoms with Gasteiger partial charge in [-0.05, 0) is 44.9 Å². The van der Waals surface area contributed by atoms with Crippen LogP contribution in [-0.4, -0.2) is 63.8 Å². The maximum absolute atomic E-state index is 13.4. The monoisotopic (exact) mass is 463 g/mol. The molecule has 1 saturated carbocycles. The lowest BCUT2D eigenvalue weighted by Crippen LogP contribution is -2.44. The van der Waals surface area contributed by atoms with Gasteiger partial charge in [-0.25, -0.2) is 9.18 Å². The van der Waals surface area contributed by atoms with E-state index in [1.54, 1.807) is 16.8 Å². The van der Waals surface area contributed by atoms with Crippen molar-refractivity contribution in [3.63, 3.8) is 0 Å². The van der Waals surface area contributed by atoms with Crippen LogP contribution < -0.4 is 5.32 Å². The number of fused-ring (bicyclic) bond motifs is 1. The number of nitrogens with one attached hydrogen (secondary N) is 2. The first-order chi connectivity index (χ1) is 15.2. The van der Waals surface area contributed by atoms with Gasteiger partial charge in [0.05, 0.1) is 29.8 Å². The van der Waals surface area contributed by atoms with Gasteiger partial charge in [0.2, 0.25) is 0 Å². The maximum Gasteiger partial charge on any atom is 0.322 e. The predicted octanol–water partition coefficient (Wildman–Crippen LogP) is 3.82. The molecule has 0 bridgehead atoms. The molecular weight excluding hydrogens is 437 g/mol. The Labute approximate surface area is 191 Å². The summed E-state index contributed by atoms with van der Waals surface area (Å²) in [4.78, 5) is 29.4. The minimum atomic E-state index is -0.551. The smallest absolute Gasteiger partial charge is 0.322 e. The first-order valence-electron chi connectivity index (χ1n) is 10.7. The number of urea groups is 1. The summed E-state index contributed by atoms with van der Waals surface area (Å²) in [6, 6.07) is 3.66. The number of halogens is 2. The van der Waals surface area contributed by atoms with E-state index in [1.807, 2.05) is 13.8 Å². The number of aromatic amines is 1. The molecule has 0 spiro atoms. The van der Waals surface area contributed by atoms with Crippen molar-refractivity contribution in [2.75, 3.05) is 25.5 Å². The molecule has 1 fully saturated rings. The van der Waals surface area contributed by atoms with E-state index in [-0.39, 0.29) is 35.1 Å². The van der Waals surface area contributed by atoms with Crippen LogP contribution in [-0.2, 0) is 17.7 Å². The fraction of sp³-hybridized carbons (Fsp3) is 0.500. The van der Waals surface area contributed by atoms with Gasteiger partial charge in [0.15, 0.2) is 5.69 Å². The minimum Gasteiger partial charge on any atom is -0.376 e. The molecule has 0 unspecified atom stereocenters. The summed E-state index contributed by atoms with van der Waals surface area (Å²) in [6.07, 6.45) is 2.43. The number of hydrogen-bond acceptors (Lipinski definition) is 4. The van der Waals surface area contributed by atoms with E-state index in [4.69, 9.17) is 16.3 Å². The predicted molar refractivity (Wildman–Crippen MR) is 118 cm³/mol. The average molecular weight is 464 g/mol. The zero-order chi connectivity index (χ0) is 23.0. The molecule has 3 amide bonds. The molecule has 1 aliphatic carbocycles. The van der Waals surface area contributed by atoms with Crippen LogP contribution in [0.4, 0.5) is 14.9 Å². The van der Waals surface area contributed by atoms with Gasteiger partial charge in [0, 0.05) is 37.0 Å². The average Bonchev–Trinajstić information content (AvgIpc) is 3.45. The number of carbonyl (C=O) groups is 2. The van der Waals surface area contributed by atoms with Crippen LogP contribution in [0.3, 0.4) is 0 Å². The van der Waals surface area contributed by atoms with Crippen LogP contribution in [0.25, 0.3) is 0 Å². The topological polar surface area (TPSA) is 90.6 Å². The Morgan fingerprint density at radius 1 is 1.41 bits per heavy atom. The molecule has 2 aliphatic rings. The molecule has 0 radical (unpaired) electrons. The van der Waals surface area contributed by atoms with Gasteiger partial charge in [0.1, 0.15) is 5.82 Å². The molecule has 0 saturated heterocycles. The Balaban J connectivity index is 1.46. The minimum absolute atomic E-state index is 0.0649. The number of hydrogen-bond donors (Lipinski definition) is 2. The lowest BCUT2D eigenvalue weighted by Gasteiger charge is -2.30. The number of likely N-dealkylation sites (N-methyl/N-ethyl adjacent to an activating group) is 1. The third-order valence-corrected chi connectivity index (χ3v) is 6.41. The number of carbonyl (C=O) groups excluding carboxylic acids is 2. The van der Waals surface area contributed by atoms with E-state index >= 15 is 0 Å². The van der Waals surface area contributed by atoms with Gasteiger partial charge in [-0.3, -0.25) is 9.89 Å². The number of aromatic nitrogens is 2. The first kappa shape index (κ1) is 22.5. The summed E-state index contributed by atoms with van der Waals surface area (Å²) in [6.45, 7) is 5.15. The van der Waals surface area contributed by atoms with E-state index in [9.17, 15) is 14.0 Å². The Hall–Kier alpha value is -2.65. The molecule has 4 rings (SSSR count). The molecule has 1 aromatic heterocycles. The van der Waals surface area contributed by atoms with Crippen molar-refractivity contribution in [2.45, 2.75) is 51.3 Å². The van der Waals surface area contributed by atoms with Crippen molar-refractivity contribution in [2.24, 2.45) is 0 Å². The largest absolute Gasteiger partial charge is 0.376 e. The number of benzene rings is 1. The first-order valence-corrected chi connectivity index (χ1v) is 11.0. The Bertz CT molecular complexity index is 1040. The van der Waals surface area contributed by atoms with Crippen molar-refractivity contribution in [1.82, 2.24) is 20.0 Å². The third kappa shape index (κ3) is 4.45. The normalized spacial score (nSPS) is 16.6. The van der Waals surface area contributed by atoms with Crippen molar-refractivity contribution in [3.8, 4) is 0 Å². The highest BCUT2D eigenvalue weighted by Crippen LogP contribution is 2.42. The zero-order valence-electron chi connectivity index (χ0n) is 18.4. The molecule has 10 heteroatoms. The summed E-state index contributed by atoms with van der Waals surface area (Å²) < 4.78 is 19.1. The molecule has 172 valence electrons. The molecular formula is C22H27ClFN5O3. The fourth-order valence-corrected chi connectivity index (χ4v) is 4.02. The number of rotatable bonds is 6. The second-order valence-electron chi connectivity index (χ2n) is 8.71. The van der Waals surface area contributed by atoms with Crippen molar-refractivity contribution >= 4 is 29.2 Å². The second-order valence-corrected chi connectivity index (χ2v) is 9.12. The highest BCUT2D eigenvalue weighted by atomic mass is 35.5. The summed E-state index contributed by atoms with van der Waals surface area (Å²) in [7, 11) is 1.78. The van der Waals surface area contributed by atoms with E-state index < -0.39 is 5.82 Å². The number of nitrogens with zero attached hydrogens (tertiary/aromatic N) is 3. The lowest BCUT2D eigenvalue weighted by molar-refractivity contribution is 0.0201. The highest BCUT2D eigenvalue weighted by Gasteiger charge is 2.50. The molecule has 2 aromatic rings.